The largest absolute Gasteiger partial charge is 0.376 e. The molecule has 3 nitrogen and oxygen atoms in total. The zero-order chi connectivity index (χ0) is 14.4. The van der Waals surface area contributed by atoms with Crippen molar-refractivity contribution in [2.24, 2.45) is 0 Å². The van der Waals surface area contributed by atoms with Crippen LogP contribution in [0.3, 0.4) is 0 Å². The lowest BCUT2D eigenvalue weighted by atomic mass is 9.91. The monoisotopic (exact) mass is 324 g/mol. The Morgan fingerprint density at radius 3 is 2.48 bits per heavy atom. The highest BCUT2D eigenvalue weighted by Crippen LogP contribution is 2.26. The number of benzene rings is 1. The van der Waals surface area contributed by atoms with Crippen LogP contribution in [0.1, 0.15) is 18.7 Å². The molecule has 0 fully saturated rings. The van der Waals surface area contributed by atoms with Gasteiger partial charge in [0.1, 0.15) is 0 Å². The van der Waals surface area contributed by atoms with Crippen molar-refractivity contribution in [1.29, 1.82) is 0 Å². The van der Waals surface area contributed by atoms with Crippen molar-refractivity contribution in [3.05, 3.63) is 52.7 Å². The third kappa shape index (κ3) is 5.40. The van der Waals surface area contributed by atoms with Crippen LogP contribution in [0.4, 0.5) is 5.69 Å². The first-order valence-electron chi connectivity index (χ1n) is 6.67. The van der Waals surface area contributed by atoms with Crippen molar-refractivity contribution >= 4 is 35.3 Å². The van der Waals surface area contributed by atoms with Crippen molar-refractivity contribution in [2.75, 3.05) is 18.4 Å². The van der Waals surface area contributed by atoms with E-state index in [1.54, 1.807) is 11.3 Å². The van der Waals surface area contributed by atoms with E-state index in [2.05, 4.69) is 35.9 Å². The maximum Gasteiger partial charge on any atom is 0.239 e. The molecule has 1 amide bonds. The van der Waals surface area contributed by atoms with E-state index in [-0.39, 0.29) is 23.7 Å². The van der Waals surface area contributed by atoms with Gasteiger partial charge in [0.15, 0.2) is 0 Å². The number of amides is 1. The highest BCUT2D eigenvalue weighted by molar-refractivity contribution is 7.10. The zero-order valence-electron chi connectivity index (χ0n) is 12.3. The molecule has 0 aliphatic rings. The van der Waals surface area contributed by atoms with E-state index in [1.165, 1.54) is 4.88 Å². The van der Waals surface area contributed by atoms with Gasteiger partial charge in [-0.25, -0.2) is 0 Å². The Balaban J connectivity index is 0.00000220. The van der Waals surface area contributed by atoms with Crippen LogP contribution in [0.15, 0.2) is 47.8 Å². The van der Waals surface area contributed by atoms with Crippen molar-refractivity contribution in [2.45, 2.75) is 19.3 Å². The van der Waals surface area contributed by atoms with Gasteiger partial charge in [-0.1, -0.05) is 38.1 Å². The van der Waals surface area contributed by atoms with E-state index >= 15 is 0 Å². The number of nitrogens with one attached hydrogen (secondary N) is 2. The van der Waals surface area contributed by atoms with Gasteiger partial charge in [0.05, 0.1) is 6.54 Å². The number of hydrogen-bond acceptors (Lipinski definition) is 3. The molecule has 0 saturated heterocycles. The Hall–Kier alpha value is -1.52. The maximum atomic E-state index is 11.9. The molecule has 2 N–H and O–H groups in total. The quantitative estimate of drug-likeness (QED) is 0.851. The number of anilines is 1. The van der Waals surface area contributed by atoms with E-state index in [0.717, 1.165) is 5.69 Å². The molecule has 0 aliphatic heterocycles. The second-order valence-electron chi connectivity index (χ2n) is 5.36. The van der Waals surface area contributed by atoms with Crippen molar-refractivity contribution in [1.82, 2.24) is 5.32 Å². The molecule has 0 atom stereocenters. The van der Waals surface area contributed by atoms with Gasteiger partial charge < -0.3 is 10.6 Å². The normalized spacial score (nSPS) is 10.6. The second-order valence-corrected chi connectivity index (χ2v) is 6.31. The highest BCUT2D eigenvalue weighted by Gasteiger charge is 2.22. The van der Waals surface area contributed by atoms with Gasteiger partial charge in [-0.15, -0.1) is 23.7 Å². The van der Waals surface area contributed by atoms with Crippen LogP contribution in [0.25, 0.3) is 0 Å². The molecular weight excluding hydrogens is 304 g/mol. The van der Waals surface area contributed by atoms with Crippen LogP contribution in [0.5, 0.6) is 0 Å². The molecule has 114 valence electrons. The lowest BCUT2D eigenvalue weighted by Crippen LogP contribution is -2.38. The van der Waals surface area contributed by atoms with Gasteiger partial charge in [-0.2, -0.15) is 0 Å². The summed E-state index contributed by atoms with van der Waals surface area (Å²) < 4.78 is 0. The summed E-state index contributed by atoms with van der Waals surface area (Å²) in [5.74, 6) is 0.0125. The summed E-state index contributed by atoms with van der Waals surface area (Å²) in [5, 5.41) is 8.16. The zero-order valence-corrected chi connectivity index (χ0v) is 13.9. The fourth-order valence-electron chi connectivity index (χ4n) is 1.87. The number of carbonyl (C=O) groups excluding carboxylic acids is 1. The summed E-state index contributed by atoms with van der Waals surface area (Å²) >= 11 is 1.72. The molecule has 5 heteroatoms. The summed E-state index contributed by atoms with van der Waals surface area (Å²) in [6.45, 7) is 5.22. The van der Waals surface area contributed by atoms with Gasteiger partial charge in [0, 0.05) is 22.5 Å². The Labute approximate surface area is 136 Å². The first kappa shape index (κ1) is 17.5. The first-order valence-corrected chi connectivity index (χ1v) is 7.55. The first-order chi connectivity index (χ1) is 9.58. The van der Waals surface area contributed by atoms with E-state index in [1.807, 2.05) is 36.4 Å². The predicted octanol–water partition coefficient (Wildman–Crippen LogP) is 3.68. The SMILES string of the molecule is CC(C)(CNC(=O)CNc1ccccc1)c1cccs1.Cl. The number of rotatable bonds is 6. The van der Waals surface area contributed by atoms with E-state index in [9.17, 15) is 4.79 Å². The van der Waals surface area contributed by atoms with Gasteiger partial charge in [-0.3, -0.25) is 4.79 Å². The number of hydrogen-bond donors (Lipinski definition) is 2. The fourth-order valence-corrected chi connectivity index (χ4v) is 2.72. The van der Waals surface area contributed by atoms with Crippen LogP contribution in [0, 0.1) is 0 Å². The lowest BCUT2D eigenvalue weighted by Gasteiger charge is -2.23. The Morgan fingerprint density at radius 2 is 1.86 bits per heavy atom. The summed E-state index contributed by atoms with van der Waals surface area (Å²) in [5.41, 5.74) is 0.927. The topological polar surface area (TPSA) is 41.1 Å². The highest BCUT2D eigenvalue weighted by atomic mass is 35.5. The van der Waals surface area contributed by atoms with Gasteiger partial charge in [0.2, 0.25) is 5.91 Å². The Morgan fingerprint density at radius 1 is 1.14 bits per heavy atom. The van der Waals surface area contributed by atoms with Crippen LogP contribution in [-0.2, 0) is 10.2 Å². The molecule has 0 spiro atoms. The van der Waals surface area contributed by atoms with E-state index in [4.69, 9.17) is 0 Å². The van der Waals surface area contributed by atoms with Crippen molar-refractivity contribution in [3.63, 3.8) is 0 Å². The molecule has 2 rings (SSSR count). The number of carbonyl (C=O) groups is 1. The van der Waals surface area contributed by atoms with Crippen LogP contribution in [0.2, 0.25) is 0 Å². The van der Waals surface area contributed by atoms with Crippen molar-refractivity contribution in [3.8, 4) is 0 Å². The number of thiophene rings is 1. The second kappa shape index (κ2) is 8.05. The van der Waals surface area contributed by atoms with Gasteiger partial charge in [0.25, 0.3) is 0 Å². The van der Waals surface area contributed by atoms with Crippen LogP contribution in [-0.4, -0.2) is 19.0 Å². The maximum absolute atomic E-state index is 11.9. The minimum absolute atomic E-state index is 0. The van der Waals surface area contributed by atoms with Crippen molar-refractivity contribution < 1.29 is 4.79 Å². The van der Waals surface area contributed by atoms with E-state index in [0.29, 0.717) is 13.1 Å². The molecular formula is C16H21ClN2OS. The average Bonchev–Trinajstić information content (AvgIpc) is 2.99. The van der Waals surface area contributed by atoms with Gasteiger partial charge >= 0.3 is 0 Å². The van der Waals surface area contributed by atoms with E-state index < -0.39 is 0 Å². The molecule has 0 unspecified atom stereocenters. The molecule has 0 aliphatic carbocycles. The summed E-state index contributed by atoms with van der Waals surface area (Å²) in [6.07, 6.45) is 0. The molecule has 1 heterocycles. The standard InChI is InChI=1S/C16H20N2OS.ClH/c1-16(2,14-9-6-10-20-14)12-18-15(19)11-17-13-7-4-3-5-8-13;/h3-10,17H,11-12H2,1-2H3,(H,18,19);1H. The third-order valence-electron chi connectivity index (χ3n) is 3.14. The molecule has 0 saturated carbocycles. The molecule has 1 aromatic carbocycles. The molecule has 0 bridgehead atoms. The average molecular weight is 325 g/mol. The number of halogens is 1. The molecule has 0 radical (unpaired) electrons. The minimum Gasteiger partial charge on any atom is -0.376 e. The fraction of sp³-hybridized carbons (Fsp3) is 0.312. The Kier molecular flexibility index (Phi) is 6.72. The third-order valence-corrected chi connectivity index (χ3v) is 4.38. The smallest absolute Gasteiger partial charge is 0.239 e. The number of para-hydroxylation sites is 1. The van der Waals surface area contributed by atoms with Gasteiger partial charge in [-0.05, 0) is 23.6 Å². The predicted molar refractivity (Wildman–Crippen MR) is 92.5 cm³/mol. The molecule has 1 aromatic heterocycles. The lowest BCUT2D eigenvalue weighted by molar-refractivity contribution is -0.119. The summed E-state index contributed by atoms with van der Waals surface area (Å²) in [7, 11) is 0. The van der Waals surface area contributed by atoms with Crippen LogP contribution >= 0.6 is 23.7 Å². The summed E-state index contributed by atoms with van der Waals surface area (Å²) in [4.78, 5) is 13.1. The van der Waals surface area contributed by atoms with Crippen LogP contribution < -0.4 is 10.6 Å². The summed E-state index contributed by atoms with van der Waals surface area (Å²) in [6, 6.07) is 13.9. The molecule has 2 aromatic rings. The molecule has 21 heavy (non-hydrogen) atoms. The minimum atomic E-state index is -0.0312. The Bertz CT molecular complexity index is 541.